The summed E-state index contributed by atoms with van der Waals surface area (Å²) in [5, 5.41) is 11.2. The molecular formula is C25H20BrNO4. The number of benzene rings is 3. The first-order chi connectivity index (χ1) is 14.9. The third kappa shape index (κ3) is 3.75. The quantitative estimate of drug-likeness (QED) is 0.310. The monoisotopic (exact) mass is 477 g/mol. The number of aryl methyl sites for hydroxylation is 1. The molecule has 4 rings (SSSR count). The molecule has 1 aliphatic heterocycles. The van der Waals surface area contributed by atoms with Crippen molar-refractivity contribution in [3.63, 3.8) is 0 Å². The second kappa shape index (κ2) is 8.40. The van der Waals surface area contributed by atoms with Gasteiger partial charge >= 0.3 is 0 Å². The van der Waals surface area contributed by atoms with Crippen LogP contribution < -0.4 is 9.64 Å². The molecule has 3 aromatic carbocycles. The van der Waals surface area contributed by atoms with Gasteiger partial charge in [-0.25, -0.2) is 0 Å². The number of hydrogen-bond acceptors (Lipinski definition) is 4. The lowest BCUT2D eigenvalue weighted by atomic mass is 9.94. The number of aliphatic hydroxyl groups is 1. The summed E-state index contributed by atoms with van der Waals surface area (Å²) < 4.78 is 6.15. The maximum atomic E-state index is 13.1. The largest absolute Gasteiger partial charge is 0.507 e. The lowest BCUT2D eigenvalue weighted by molar-refractivity contribution is -0.132. The van der Waals surface area contributed by atoms with Crippen LogP contribution >= 0.6 is 15.9 Å². The van der Waals surface area contributed by atoms with Gasteiger partial charge in [-0.2, -0.15) is 0 Å². The summed E-state index contributed by atoms with van der Waals surface area (Å²) in [4.78, 5) is 27.6. The molecule has 0 saturated carbocycles. The second-order valence-corrected chi connectivity index (χ2v) is 8.16. The number of rotatable bonds is 4. The summed E-state index contributed by atoms with van der Waals surface area (Å²) in [5.41, 5.74) is 2.63. The lowest BCUT2D eigenvalue weighted by Gasteiger charge is -2.25. The molecule has 1 heterocycles. The van der Waals surface area contributed by atoms with Crippen LogP contribution in [0, 0.1) is 6.92 Å². The Kier molecular flexibility index (Phi) is 5.65. The standard InChI is InChI=1S/C25H20BrNO4/c1-15-14-17(8-13-20(15)31-2)23(28)21-22(16-6-4-3-5-7-16)27(25(30)24(21)29)19-11-9-18(26)10-12-19/h3-14,22,28H,1-2H3/b23-21-. The molecule has 1 saturated heterocycles. The van der Waals surface area contributed by atoms with E-state index in [9.17, 15) is 14.7 Å². The molecule has 3 aromatic rings. The molecule has 156 valence electrons. The Hall–Kier alpha value is -3.38. The predicted molar refractivity (Wildman–Crippen MR) is 123 cm³/mol. The van der Waals surface area contributed by atoms with Crippen LogP contribution in [-0.2, 0) is 9.59 Å². The molecule has 0 radical (unpaired) electrons. The fourth-order valence-corrected chi connectivity index (χ4v) is 4.10. The molecule has 31 heavy (non-hydrogen) atoms. The van der Waals surface area contributed by atoms with Crippen molar-refractivity contribution in [2.75, 3.05) is 12.0 Å². The SMILES string of the molecule is COc1ccc(/C(O)=C2/C(=O)C(=O)N(c3ccc(Br)cc3)C2c2ccccc2)cc1C. The summed E-state index contributed by atoms with van der Waals surface area (Å²) in [6, 6.07) is 20.8. The number of ketones is 1. The highest BCUT2D eigenvalue weighted by Gasteiger charge is 2.46. The normalized spacial score (nSPS) is 17.8. The molecule has 5 nitrogen and oxygen atoms in total. The third-order valence-corrected chi connectivity index (χ3v) is 5.86. The minimum atomic E-state index is -0.746. The second-order valence-electron chi connectivity index (χ2n) is 7.24. The van der Waals surface area contributed by atoms with Crippen molar-refractivity contribution in [2.24, 2.45) is 0 Å². The Balaban J connectivity index is 1.92. The minimum absolute atomic E-state index is 0.0590. The summed E-state index contributed by atoms with van der Waals surface area (Å²) in [5.74, 6) is -0.935. The van der Waals surface area contributed by atoms with Gasteiger partial charge in [-0.3, -0.25) is 14.5 Å². The Morgan fingerprint density at radius 3 is 2.29 bits per heavy atom. The highest BCUT2D eigenvalue weighted by molar-refractivity contribution is 9.10. The molecule has 0 aromatic heterocycles. The average molecular weight is 478 g/mol. The van der Waals surface area contributed by atoms with Crippen molar-refractivity contribution in [1.82, 2.24) is 0 Å². The molecule has 6 heteroatoms. The smallest absolute Gasteiger partial charge is 0.300 e. The van der Waals surface area contributed by atoms with Crippen LogP contribution in [-0.4, -0.2) is 23.9 Å². The molecule has 1 atom stereocenters. The Morgan fingerprint density at radius 2 is 1.68 bits per heavy atom. The van der Waals surface area contributed by atoms with Gasteiger partial charge in [-0.05, 0) is 60.5 Å². The zero-order valence-electron chi connectivity index (χ0n) is 17.0. The van der Waals surface area contributed by atoms with Crippen LogP contribution in [0.25, 0.3) is 5.76 Å². The van der Waals surface area contributed by atoms with E-state index >= 15 is 0 Å². The zero-order chi connectivity index (χ0) is 22.1. The van der Waals surface area contributed by atoms with E-state index in [1.54, 1.807) is 37.4 Å². The van der Waals surface area contributed by atoms with Crippen LogP contribution in [0.4, 0.5) is 5.69 Å². The van der Waals surface area contributed by atoms with Gasteiger partial charge in [0.1, 0.15) is 11.5 Å². The van der Waals surface area contributed by atoms with E-state index in [-0.39, 0.29) is 11.3 Å². The molecular weight excluding hydrogens is 458 g/mol. The van der Waals surface area contributed by atoms with E-state index in [1.807, 2.05) is 49.4 Å². The summed E-state index contributed by atoms with van der Waals surface area (Å²) in [6.45, 7) is 1.85. The number of methoxy groups -OCH3 is 1. The van der Waals surface area contributed by atoms with Gasteiger partial charge < -0.3 is 9.84 Å². The van der Waals surface area contributed by atoms with Gasteiger partial charge in [0.2, 0.25) is 0 Å². The van der Waals surface area contributed by atoms with Gasteiger partial charge in [-0.15, -0.1) is 0 Å². The summed E-state index contributed by atoms with van der Waals surface area (Å²) in [7, 11) is 1.57. The van der Waals surface area contributed by atoms with E-state index in [2.05, 4.69) is 15.9 Å². The highest BCUT2D eigenvalue weighted by Crippen LogP contribution is 2.42. The number of amides is 1. The third-order valence-electron chi connectivity index (χ3n) is 5.33. The van der Waals surface area contributed by atoms with Crippen molar-refractivity contribution in [1.29, 1.82) is 0 Å². The van der Waals surface area contributed by atoms with Gasteiger partial charge in [0, 0.05) is 15.7 Å². The minimum Gasteiger partial charge on any atom is -0.507 e. The lowest BCUT2D eigenvalue weighted by Crippen LogP contribution is -2.29. The number of hydrogen-bond donors (Lipinski definition) is 1. The number of halogens is 1. The van der Waals surface area contributed by atoms with E-state index < -0.39 is 17.7 Å². The molecule has 1 amide bonds. The van der Waals surface area contributed by atoms with Gasteiger partial charge in [-0.1, -0.05) is 46.3 Å². The van der Waals surface area contributed by atoms with Crippen molar-refractivity contribution < 1.29 is 19.4 Å². The summed E-state index contributed by atoms with van der Waals surface area (Å²) >= 11 is 3.40. The van der Waals surface area contributed by atoms with Crippen LogP contribution in [0.3, 0.4) is 0 Å². The molecule has 0 bridgehead atoms. The van der Waals surface area contributed by atoms with Crippen molar-refractivity contribution >= 4 is 39.1 Å². The number of Topliss-reactive ketones (excluding diaryl/α,β-unsaturated/α-hetero) is 1. The number of nitrogens with zero attached hydrogens (tertiary/aromatic N) is 1. The first-order valence-electron chi connectivity index (χ1n) is 9.69. The van der Waals surface area contributed by atoms with Crippen molar-refractivity contribution in [3.05, 3.63) is 99.5 Å². The highest BCUT2D eigenvalue weighted by atomic mass is 79.9. The molecule has 1 fully saturated rings. The summed E-state index contributed by atoms with van der Waals surface area (Å²) in [6.07, 6.45) is 0. The number of aliphatic hydroxyl groups excluding tert-OH is 1. The first-order valence-corrected chi connectivity index (χ1v) is 10.5. The molecule has 1 aliphatic rings. The first kappa shape index (κ1) is 20.9. The molecule has 0 aliphatic carbocycles. The van der Waals surface area contributed by atoms with E-state index in [0.717, 1.165) is 15.6 Å². The van der Waals surface area contributed by atoms with Crippen LogP contribution in [0.2, 0.25) is 0 Å². The average Bonchev–Trinajstić information content (AvgIpc) is 3.05. The maximum Gasteiger partial charge on any atom is 0.300 e. The molecule has 0 spiro atoms. The zero-order valence-corrected chi connectivity index (χ0v) is 18.6. The van der Waals surface area contributed by atoms with Crippen LogP contribution in [0.1, 0.15) is 22.7 Å². The van der Waals surface area contributed by atoms with Crippen LogP contribution in [0.15, 0.2) is 82.8 Å². The Bertz CT molecular complexity index is 1190. The van der Waals surface area contributed by atoms with E-state index in [1.165, 1.54) is 4.90 Å². The fraction of sp³-hybridized carbons (Fsp3) is 0.120. The van der Waals surface area contributed by atoms with E-state index in [0.29, 0.717) is 17.0 Å². The molecule has 1 unspecified atom stereocenters. The molecule has 1 N–H and O–H groups in total. The van der Waals surface area contributed by atoms with Gasteiger partial charge in [0.15, 0.2) is 0 Å². The Labute approximate surface area is 188 Å². The van der Waals surface area contributed by atoms with E-state index in [4.69, 9.17) is 4.74 Å². The fourth-order valence-electron chi connectivity index (χ4n) is 3.83. The topological polar surface area (TPSA) is 66.8 Å². The van der Waals surface area contributed by atoms with Crippen molar-refractivity contribution in [2.45, 2.75) is 13.0 Å². The number of anilines is 1. The number of carbonyl (C=O) groups is 2. The number of ether oxygens (including phenoxy) is 1. The van der Waals surface area contributed by atoms with Crippen molar-refractivity contribution in [3.8, 4) is 5.75 Å². The maximum absolute atomic E-state index is 13.1. The van der Waals surface area contributed by atoms with Gasteiger partial charge in [0.25, 0.3) is 11.7 Å². The number of carbonyl (C=O) groups excluding carboxylic acids is 2. The van der Waals surface area contributed by atoms with Gasteiger partial charge in [0.05, 0.1) is 18.7 Å². The van der Waals surface area contributed by atoms with Crippen LogP contribution in [0.5, 0.6) is 5.75 Å². The Morgan fingerprint density at radius 1 is 1.00 bits per heavy atom. The predicted octanol–water partition coefficient (Wildman–Crippen LogP) is 5.39.